The summed E-state index contributed by atoms with van der Waals surface area (Å²) in [6.45, 7) is 1.48. The Hall–Kier alpha value is -1.62. The van der Waals surface area contributed by atoms with E-state index < -0.39 is 0 Å². The Morgan fingerprint density at radius 2 is 1.88 bits per heavy atom. The number of pyridine rings is 1. The Labute approximate surface area is 147 Å². The number of phenols is 1. The van der Waals surface area contributed by atoms with Gasteiger partial charge in [0.1, 0.15) is 5.75 Å². The summed E-state index contributed by atoms with van der Waals surface area (Å²) in [6.07, 6.45) is 5.15. The number of aromatic nitrogens is 1. The Balaban J connectivity index is 1.76. The second kappa shape index (κ2) is 7.97. The summed E-state index contributed by atoms with van der Waals surface area (Å²) in [5.41, 5.74) is 2.06. The van der Waals surface area contributed by atoms with Crippen LogP contribution in [0.1, 0.15) is 36.9 Å². The third kappa shape index (κ3) is 4.69. The molecule has 2 aromatic rings. The smallest absolute Gasteiger partial charge is 0.115 e. The van der Waals surface area contributed by atoms with Crippen LogP contribution in [0.15, 0.2) is 42.6 Å². The van der Waals surface area contributed by atoms with Gasteiger partial charge in [0.25, 0.3) is 0 Å². The van der Waals surface area contributed by atoms with Gasteiger partial charge in [-0.1, -0.05) is 23.7 Å². The van der Waals surface area contributed by atoms with Crippen LogP contribution in [0.5, 0.6) is 5.75 Å². The third-order valence-corrected chi connectivity index (χ3v) is 4.86. The lowest BCUT2D eigenvalue weighted by Crippen LogP contribution is -2.38. The quantitative estimate of drug-likeness (QED) is 0.865. The molecule has 0 aliphatic heterocycles. The minimum Gasteiger partial charge on any atom is -0.508 e. The van der Waals surface area contributed by atoms with Gasteiger partial charge < -0.3 is 10.2 Å². The van der Waals surface area contributed by atoms with Crippen LogP contribution >= 0.6 is 11.6 Å². The van der Waals surface area contributed by atoms with Gasteiger partial charge in [0, 0.05) is 25.3 Å². The number of aromatic hydroxyl groups is 1. The normalized spacial score (nSPS) is 21.1. The maximum Gasteiger partial charge on any atom is 0.115 e. The van der Waals surface area contributed by atoms with E-state index in [-0.39, 0.29) is 11.9 Å². The van der Waals surface area contributed by atoms with Crippen LogP contribution in [0.3, 0.4) is 0 Å². The first-order valence-electron chi connectivity index (χ1n) is 8.40. The first kappa shape index (κ1) is 17.2. The molecule has 5 heteroatoms. The second-order valence-electron chi connectivity index (χ2n) is 6.50. The molecule has 0 atom stereocenters. The molecule has 0 radical (unpaired) electrons. The monoisotopic (exact) mass is 346 g/mol. The Morgan fingerprint density at radius 3 is 2.54 bits per heavy atom. The molecule has 4 nitrogen and oxygen atoms in total. The summed E-state index contributed by atoms with van der Waals surface area (Å²) in [4.78, 5) is 6.80. The lowest BCUT2D eigenvalue weighted by molar-refractivity contribution is 0.0660. The molecule has 1 aromatic heterocycles. The highest BCUT2D eigenvalue weighted by atomic mass is 35.5. The van der Waals surface area contributed by atoms with Crippen LogP contribution in [0.25, 0.3) is 0 Å². The molecule has 3 rings (SSSR count). The Bertz CT molecular complexity index is 655. The van der Waals surface area contributed by atoms with Crippen molar-refractivity contribution in [2.24, 2.45) is 0 Å². The number of hydrogen-bond donors (Lipinski definition) is 2. The fourth-order valence-electron chi connectivity index (χ4n) is 3.33. The summed E-state index contributed by atoms with van der Waals surface area (Å²) in [6, 6.07) is 11.6. The fraction of sp³-hybridized carbons (Fsp3) is 0.421. The topological polar surface area (TPSA) is 56.6 Å². The number of aliphatic hydroxyl groups excluding tert-OH is 1. The van der Waals surface area contributed by atoms with Crippen molar-refractivity contribution < 1.29 is 10.2 Å². The molecular formula is C19H23ClN2O2. The van der Waals surface area contributed by atoms with Gasteiger partial charge in [0.05, 0.1) is 16.8 Å². The SMILES string of the molecule is Oc1cccc(CN(Cc2ccc(Cl)cn2)C2CCC(O)CC2)c1. The van der Waals surface area contributed by atoms with Crippen molar-refractivity contribution in [1.82, 2.24) is 9.88 Å². The van der Waals surface area contributed by atoms with Crippen molar-refractivity contribution in [3.63, 3.8) is 0 Å². The van der Waals surface area contributed by atoms with Gasteiger partial charge in [0.2, 0.25) is 0 Å². The van der Waals surface area contributed by atoms with Gasteiger partial charge in [0.15, 0.2) is 0 Å². The highest BCUT2D eigenvalue weighted by molar-refractivity contribution is 6.30. The third-order valence-electron chi connectivity index (χ3n) is 4.63. The van der Waals surface area contributed by atoms with E-state index in [0.717, 1.165) is 50.0 Å². The zero-order valence-corrected chi connectivity index (χ0v) is 14.4. The fourth-order valence-corrected chi connectivity index (χ4v) is 3.45. The van der Waals surface area contributed by atoms with Gasteiger partial charge in [-0.15, -0.1) is 0 Å². The molecule has 1 aliphatic rings. The van der Waals surface area contributed by atoms with E-state index in [9.17, 15) is 10.2 Å². The van der Waals surface area contributed by atoms with E-state index in [1.165, 1.54) is 0 Å². The molecule has 0 spiro atoms. The van der Waals surface area contributed by atoms with Crippen LogP contribution < -0.4 is 0 Å². The number of hydrogen-bond acceptors (Lipinski definition) is 4. The molecule has 1 fully saturated rings. The highest BCUT2D eigenvalue weighted by Gasteiger charge is 2.25. The van der Waals surface area contributed by atoms with Gasteiger partial charge in [-0.25, -0.2) is 0 Å². The molecule has 1 aliphatic carbocycles. The van der Waals surface area contributed by atoms with E-state index in [0.29, 0.717) is 11.1 Å². The summed E-state index contributed by atoms with van der Waals surface area (Å²) < 4.78 is 0. The van der Waals surface area contributed by atoms with Crippen molar-refractivity contribution in [1.29, 1.82) is 0 Å². The van der Waals surface area contributed by atoms with Gasteiger partial charge in [-0.3, -0.25) is 9.88 Å². The minimum absolute atomic E-state index is 0.169. The van der Waals surface area contributed by atoms with E-state index >= 15 is 0 Å². The number of benzene rings is 1. The maximum absolute atomic E-state index is 9.78. The largest absolute Gasteiger partial charge is 0.508 e. The highest BCUT2D eigenvalue weighted by Crippen LogP contribution is 2.26. The second-order valence-corrected chi connectivity index (χ2v) is 6.94. The van der Waals surface area contributed by atoms with Crippen molar-refractivity contribution in [3.8, 4) is 5.75 Å². The van der Waals surface area contributed by atoms with Crippen LogP contribution in [-0.4, -0.2) is 32.2 Å². The first-order chi connectivity index (χ1) is 11.6. The molecule has 1 saturated carbocycles. The zero-order valence-electron chi connectivity index (χ0n) is 13.6. The van der Waals surface area contributed by atoms with Crippen molar-refractivity contribution >= 4 is 11.6 Å². The molecule has 0 unspecified atom stereocenters. The summed E-state index contributed by atoms with van der Waals surface area (Å²) in [5.74, 6) is 0.288. The average Bonchev–Trinajstić information content (AvgIpc) is 2.57. The van der Waals surface area contributed by atoms with E-state index in [1.54, 1.807) is 18.3 Å². The molecule has 0 bridgehead atoms. The average molecular weight is 347 g/mol. The number of aliphatic hydroxyl groups is 1. The molecular weight excluding hydrogens is 324 g/mol. The summed E-state index contributed by atoms with van der Waals surface area (Å²) in [7, 11) is 0. The lowest BCUT2D eigenvalue weighted by atomic mass is 9.91. The van der Waals surface area contributed by atoms with Gasteiger partial charge >= 0.3 is 0 Å². The molecule has 2 N–H and O–H groups in total. The molecule has 0 saturated heterocycles. The molecule has 0 amide bonds. The molecule has 1 aromatic carbocycles. The van der Waals surface area contributed by atoms with E-state index in [2.05, 4.69) is 9.88 Å². The van der Waals surface area contributed by atoms with Crippen molar-refractivity contribution in [2.45, 2.75) is 50.9 Å². The summed E-state index contributed by atoms with van der Waals surface area (Å²) in [5, 5.41) is 20.1. The predicted octanol–water partition coefficient (Wildman–Crippen LogP) is 3.75. The molecule has 1 heterocycles. The van der Waals surface area contributed by atoms with Crippen molar-refractivity contribution in [3.05, 3.63) is 58.9 Å². The van der Waals surface area contributed by atoms with Crippen LogP contribution in [0, 0.1) is 0 Å². The summed E-state index contributed by atoms with van der Waals surface area (Å²) >= 11 is 5.93. The molecule has 24 heavy (non-hydrogen) atoms. The van der Waals surface area contributed by atoms with Crippen LogP contribution in [-0.2, 0) is 13.1 Å². The van der Waals surface area contributed by atoms with Crippen LogP contribution in [0.2, 0.25) is 5.02 Å². The zero-order chi connectivity index (χ0) is 16.9. The molecule has 128 valence electrons. The van der Waals surface area contributed by atoms with Gasteiger partial charge in [-0.05, 0) is 55.5 Å². The van der Waals surface area contributed by atoms with Crippen LogP contribution in [0.4, 0.5) is 0 Å². The number of rotatable bonds is 5. The number of nitrogens with zero attached hydrogens (tertiary/aromatic N) is 2. The van der Waals surface area contributed by atoms with Crippen molar-refractivity contribution in [2.75, 3.05) is 0 Å². The Kier molecular flexibility index (Phi) is 5.72. The number of halogens is 1. The number of phenolic OH excluding ortho intramolecular Hbond substituents is 1. The Morgan fingerprint density at radius 1 is 1.08 bits per heavy atom. The van der Waals surface area contributed by atoms with Gasteiger partial charge in [-0.2, -0.15) is 0 Å². The maximum atomic E-state index is 9.78. The van der Waals surface area contributed by atoms with E-state index in [1.807, 2.05) is 24.3 Å². The first-order valence-corrected chi connectivity index (χ1v) is 8.78. The minimum atomic E-state index is -0.169. The lowest BCUT2D eigenvalue weighted by Gasteiger charge is -2.35. The standard InChI is InChI=1S/C19H23ClN2O2/c20-15-4-5-16(21-11-15)13-22(17-6-8-18(23)9-7-17)12-14-2-1-3-19(24)10-14/h1-5,10-11,17-18,23-24H,6-9,12-13H2. The predicted molar refractivity (Wildman–Crippen MR) is 94.9 cm³/mol. The van der Waals surface area contributed by atoms with E-state index in [4.69, 9.17) is 11.6 Å².